The minimum atomic E-state index is -0.713. The van der Waals surface area contributed by atoms with Gasteiger partial charge in [0.2, 0.25) is 0 Å². The first kappa shape index (κ1) is 15.7. The van der Waals surface area contributed by atoms with E-state index in [2.05, 4.69) is 5.32 Å². The highest BCUT2D eigenvalue weighted by Crippen LogP contribution is 2.27. The topological polar surface area (TPSA) is 116 Å². The zero-order valence-electron chi connectivity index (χ0n) is 12.2. The number of primary amides is 1. The summed E-state index contributed by atoms with van der Waals surface area (Å²) >= 11 is 1.17. The molecule has 0 spiro atoms. The zero-order chi connectivity index (χ0) is 16.6. The number of hydrogen-bond donors (Lipinski definition) is 2. The molecule has 116 valence electrons. The molecule has 22 heavy (non-hydrogen) atoms. The Balaban J connectivity index is 2.45. The molecule has 0 unspecified atom stereocenters. The third-order valence-electron chi connectivity index (χ3n) is 3.04. The standard InChI is InChI=1S/C13H14N4O4S/c1-6-4-7(9(14)18)11(22-6)15-10(19)8-5-16(2)13(21)17(3)12(8)20/h4-5H,1-3H3,(H2,14,18)(H,15,19). The van der Waals surface area contributed by atoms with Gasteiger partial charge >= 0.3 is 5.69 Å². The summed E-state index contributed by atoms with van der Waals surface area (Å²) in [5, 5.41) is 2.76. The van der Waals surface area contributed by atoms with Crippen LogP contribution in [0.5, 0.6) is 0 Å². The van der Waals surface area contributed by atoms with Crippen molar-refractivity contribution in [1.29, 1.82) is 0 Å². The van der Waals surface area contributed by atoms with Crippen molar-refractivity contribution in [1.82, 2.24) is 9.13 Å². The average Bonchev–Trinajstić information content (AvgIpc) is 2.81. The van der Waals surface area contributed by atoms with E-state index in [0.717, 1.165) is 20.2 Å². The summed E-state index contributed by atoms with van der Waals surface area (Å²) in [6, 6.07) is 1.56. The summed E-state index contributed by atoms with van der Waals surface area (Å²) in [5.74, 6) is -1.38. The van der Waals surface area contributed by atoms with Gasteiger partial charge in [0, 0.05) is 25.2 Å². The summed E-state index contributed by atoms with van der Waals surface area (Å²) in [6.45, 7) is 1.76. The summed E-state index contributed by atoms with van der Waals surface area (Å²) in [4.78, 5) is 48.0. The van der Waals surface area contributed by atoms with Crippen LogP contribution in [0.15, 0.2) is 21.9 Å². The van der Waals surface area contributed by atoms with E-state index in [9.17, 15) is 19.2 Å². The van der Waals surface area contributed by atoms with Crippen molar-refractivity contribution in [2.24, 2.45) is 19.8 Å². The number of nitrogens with two attached hydrogens (primary N) is 1. The van der Waals surface area contributed by atoms with Gasteiger partial charge in [-0.3, -0.25) is 19.0 Å². The molecule has 0 saturated heterocycles. The molecule has 2 aromatic rings. The first-order chi connectivity index (χ1) is 10.2. The number of rotatable bonds is 3. The molecule has 0 fully saturated rings. The van der Waals surface area contributed by atoms with E-state index < -0.39 is 23.1 Å². The van der Waals surface area contributed by atoms with Gasteiger partial charge in [0.25, 0.3) is 17.4 Å². The monoisotopic (exact) mass is 322 g/mol. The Hall–Kier alpha value is -2.68. The summed E-state index contributed by atoms with van der Waals surface area (Å²) in [5.41, 5.74) is 3.97. The van der Waals surface area contributed by atoms with Crippen molar-refractivity contribution in [3.63, 3.8) is 0 Å². The molecule has 0 atom stereocenters. The van der Waals surface area contributed by atoms with Crippen LogP contribution in [0.1, 0.15) is 25.6 Å². The number of anilines is 1. The average molecular weight is 322 g/mol. The molecular formula is C13H14N4O4S. The van der Waals surface area contributed by atoms with Gasteiger partial charge in [0.15, 0.2) is 0 Å². The lowest BCUT2D eigenvalue weighted by Gasteiger charge is -2.07. The van der Waals surface area contributed by atoms with Gasteiger partial charge in [0.05, 0.1) is 5.56 Å². The van der Waals surface area contributed by atoms with E-state index in [1.165, 1.54) is 25.4 Å². The molecular weight excluding hydrogens is 308 g/mol. The molecule has 3 N–H and O–H groups in total. The quantitative estimate of drug-likeness (QED) is 0.814. The van der Waals surface area contributed by atoms with E-state index in [1.54, 1.807) is 13.0 Å². The largest absolute Gasteiger partial charge is 0.366 e. The number of hydrogen-bond acceptors (Lipinski definition) is 5. The molecule has 8 nitrogen and oxygen atoms in total. The molecule has 0 aliphatic carbocycles. The third-order valence-corrected chi connectivity index (χ3v) is 4.00. The van der Waals surface area contributed by atoms with Crippen LogP contribution in [-0.2, 0) is 14.1 Å². The second kappa shape index (κ2) is 5.60. The Morgan fingerprint density at radius 3 is 2.45 bits per heavy atom. The van der Waals surface area contributed by atoms with Gasteiger partial charge in [-0.2, -0.15) is 0 Å². The lowest BCUT2D eigenvalue weighted by molar-refractivity contribution is 0.100. The Morgan fingerprint density at radius 2 is 1.86 bits per heavy atom. The van der Waals surface area contributed by atoms with Gasteiger partial charge < -0.3 is 15.6 Å². The van der Waals surface area contributed by atoms with Crippen molar-refractivity contribution in [2.75, 3.05) is 5.32 Å². The maximum Gasteiger partial charge on any atom is 0.330 e. The minimum Gasteiger partial charge on any atom is -0.366 e. The van der Waals surface area contributed by atoms with Gasteiger partial charge in [-0.25, -0.2) is 4.79 Å². The number of aryl methyl sites for hydroxylation is 2. The van der Waals surface area contributed by atoms with Crippen LogP contribution in [0.3, 0.4) is 0 Å². The summed E-state index contributed by atoms with van der Waals surface area (Å²) in [7, 11) is 2.72. The predicted octanol–water partition coefficient (Wildman–Crippen LogP) is -0.195. The maximum absolute atomic E-state index is 12.2. The number of nitrogens with one attached hydrogen (secondary N) is 1. The van der Waals surface area contributed by atoms with E-state index >= 15 is 0 Å². The van der Waals surface area contributed by atoms with Gasteiger partial charge in [-0.1, -0.05) is 0 Å². The number of thiophene rings is 1. The number of aromatic nitrogens is 2. The number of carbonyl (C=O) groups is 2. The Morgan fingerprint density at radius 1 is 1.23 bits per heavy atom. The number of amides is 2. The Bertz CT molecular complexity index is 890. The van der Waals surface area contributed by atoms with Crippen molar-refractivity contribution < 1.29 is 9.59 Å². The van der Waals surface area contributed by atoms with E-state index in [-0.39, 0.29) is 16.1 Å². The predicted molar refractivity (Wildman–Crippen MR) is 82.5 cm³/mol. The normalized spacial score (nSPS) is 10.5. The molecule has 2 rings (SSSR count). The molecule has 0 saturated carbocycles. The maximum atomic E-state index is 12.2. The van der Waals surface area contributed by atoms with Crippen LogP contribution < -0.4 is 22.3 Å². The van der Waals surface area contributed by atoms with Crippen molar-refractivity contribution in [3.8, 4) is 0 Å². The van der Waals surface area contributed by atoms with Crippen LogP contribution in [0, 0.1) is 6.92 Å². The first-order valence-corrected chi connectivity index (χ1v) is 7.02. The Kier molecular flexibility index (Phi) is 4.00. The fourth-order valence-corrected chi connectivity index (χ4v) is 2.84. The number of nitrogens with zero attached hydrogens (tertiary/aromatic N) is 2. The second-order valence-corrected chi connectivity index (χ2v) is 5.97. The highest BCUT2D eigenvalue weighted by atomic mass is 32.1. The van der Waals surface area contributed by atoms with Crippen LogP contribution in [-0.4, -0.2) is 20.9 Å². The Labute approximate surface area is 128 Å². The zero-order valence-corrected chi connectivity index (χ0v) is 13.0. The lowest BCUT2D eigenvalue weighted by Crippen LogP contribution is -2.40. The molecule has 0 bridgehead atoms. The smallest absolute Gasteiger partial charge is 0.330 e. The fraction of sp³-hybridized carbons (Fsp3) is 0.231. The molecule has 2 heterocycles. The van der Waals surface area contributed by atoms with E-state index in [1.807, 2.05) is 0 Å². The van der Waals surface area contributed by atoms with Crippen LogP contribution in [0.2, 0.25) is 0 Å². The SMILES string of the molecule is Cc1cc(C(N)=O)c(NC(=O)c2cn(C)c(=O)n(C)c2=O)s1. The lowest BCUT2D eigenvalue weighted by atomic mass is 10.2. The number of carbonyl (C=O) groups excluding carboxylic acids is 2. The van der Waals surface area contributed by atoms with E-state index in [4.69, 9.17) is 5.73 Å². The van der Waals surface area contributed by atoms with E-state index in [0.29, 0.717) is 0 Å². The molecule has 0 aromatic carbocycles. The van der Waals surface area contributed by atoms with Gasteiger partial charge in [-0.15, -0.1) is 11.3 Å². The van der Waals surface area contributed by atoms with Crippen LogP contribution in [0.4, 0.5) is 5.00 Å². The van der Waals surface area contributed by atoms with Crippen molar-refractivity contribution in [2.45, 2.75) is 6.92 Å². The molecule has 2 aromatic heterocycles. The summed E-state index contributed by atoms with van der Waals surface area (Å²) < 4.78 is 1.97. The molecule has 9 heteroatoms. The van der Waals surface area contributed by atoms with Crippen LogP contribution in [0.25, 0.3) is 0 Å². The fourth-order valence-electron chi connectivity index (χ4n) is 1.92. The molecule has 0 radical (unpaired) electrons. The molecule has 0 aliphatic heterocycles. The second-order valence-electron chi connectivity index (χ2n) is 4.72. The van der Waals surface area contributed by atoms with Crippen LogP contribution >= 0.6 is 11.3 Å². The van der Waals surface area contributed by atoms with Crippen molar-refractivity contribution in [3.05, 3.63) is 49.1 Å². The highest BCUT2D eigenvalue weighted by molar-refractivity contribution is 7.16. The highest BCUT2D eigenvalue weighted by Gasteiger charge is 2.19. The third kappa shape index (κ3) is 2.70. The summed E-state index contributed by atoms with van der Waals surface area (Å²) in [6.07, 6.45) is 1.16. The molecule has 2 amide bonds. The van der Waals surface area contributed by atoms with Crippen molar-refractivity contribution >= 4 is 28.2 Å². The minimum absolute atomic E-state index is 0.178. The van der Waals surface area contributed by atoms with Gasteiger partial charge in [0.1, 0.15) is 10.6 Å². The first-order valence-electron chi connectivity index (χ1n) is 6.20. The van der Waals surface area contributed by atoms with Gasteiger partial charge in [-0.05, 0) is 13.0 Å². The molecule has 0 aliphatic rings.